The second-order valence-corrected chi connectivity index (χ2v) is 9.39. The molecule has 6 heteroatoms. The molecule has 0 saturated carbocycles. The molecule has 0 radical (unpaired) electrons. The lowest BCUT2D eigenvalue weighted by atomic mass is 10.1. The Morgan fingerprint density at radius 2 is 1.65 bits per heavy atom. The van der Waals surface area contributed by atoms with Gasteiger partial charge in [-0.05, 0) is 42.8 Å². The predicted molar refractivity (Wildman–Crippen MR) is 135 cm³/mol. The van der Waals surface area contributed by atoms with Crippen molar-refractivity contribution in [1.82, 2.24) is 10.2 Å². The van der Waals surface area contributed by atoms with Crippen LogP contribution in [0.15, 0.2) is 60.7 Å². The number of benzene rings is 3. The first-order valence-corrected chi connectivity index (χ1v) is 11.7. The summed E-state index contributed by atoms with van der Waals surface area (Å²) in [6.45, 7) is 8.50. The van der Waals surface area contributed by atoms with Crippen molar-refractivity contribution in [3.8, 4) is 0 Å². The van der Waals surface area contributed by atoms with Crippen molar-refractivity contribution in [2.24, 2.45) is 5.92 Å². The Morgan fingerprint density at radius 3 is 2.32 bits per heavy atom. The Morgan fingerprint density at radius 1 is 0.971 bits per heavy atom. The number of anilines is 1. The second kappa shape index (κ2) is 9.67. The molecule has 0 aliphatic carbocycles. The number of nitrogens with one attached hydrogen (secondary N) is 1. The predicted octanol–water partition coefficient (Wildman–Crippen LogP) is 4.30. The maximum Gasteiger partial charge on any atom is 0.259 e. The van der Waals surface area contributed by atoms with Crippen LogP contribution >= 0.6 is 0 Å². The normalized spacial score (nSPS) is 13.4. The van der Waals surface area contributed by atoms with E-state index in [9.17, 15) is 14.4 Å². The summed E-state index contributed by atoms with van der Waals surface area (Å²) in [7, 11) is 0. The lowest BCUT2D eigenvalue weighted by Gasteiger charge is -2.31. The Labute approximate surface area is 200 Å². The molecule has 34 heavy (non-hydrogen) atoms. The minimum absolute atomic E-state index is 0.125. The lowest BCUT2D eigenvalue weighted by molar-refractivity contribution is -0.139. The number of carbonyl (C=O) groups excluding carboxylic acids is 3. The fourth-order valence-corrected chi connectivity index (χ4v) is 4.29. The lowest BCUT2D eigenvalue weighted by Crippen LogP contribution is -2.51. The van der Waals surface area contributed by atoms with E-state index >= 15 is 0 Å². The van der Waals surface area contributed by atoms with Crippen LogP contribution in [0.5, 0.6) is 0 Å². The average Bonchev–Trinajstić information content (AvgIpc) is 3.09. The maximum atomic E-state index is 13.6. The van der Waals surface area contributed by atoms with E-state index in [1.54, 1.807) is 17.9 Å². The second-order valence-electron chi connectivity index (χ2n) is 9.39. The highest BCUT2D eigenvalue weighted by Crippen LogP contribution is 2.37. The highest BCUT2D eigenvalue weighted by Gasteiger charge is 2.34. The van der Waals surface area contributed by atoms with Gasteiger partial charge in [-0.2, -0.15) is 0 Å². The van der Waals surface area contributed by atoms with Crippen LogP contribution in [-0.2, 0) is 16.1 Å². The molecule has 1 heterocycles. The van der Waals surface area contributed by atoms with Crippen LogP contribution in [0.25, 0.3) is 10.8 Å². The number of aryl methyl sites for hydroxylation is 1. The Kier molecular flexibility index (Phi) is 6.68. The zero-order valence-electron chi connectivity index (χ0n) is 20.2. The molecule has 3 aromatic rings. The molecule has 4 rings (SSSR count). The highest BCUT2D eigenvalue weighted by atomic mass is 16.2. The van der Waals surface area contributed by atoms with E-state index in [0.717, 1.165) is 27.6 Å². The van der Waals surface area contributed by atoms with E-state index in [0.29, 0.717) is 18.0 Å². The third kappa shape index (κ3) is 4.67. The van der Waals surface area contributed by atoms with Gasteiger partial charge in [0.05, 0.1) is 5.69 Å². The van der Waals surface area contributed by atoms with E-state index in [4.69, 9.17) is 0 Å². The quantitative estimate of drug-likeness (QED) is 0.548. The zero-order chi connectivity index (χ0) is 24.4. The van der Waals surface area contributed by atoms with Crippen LogP contribution in [0.1, 0.15) is 42.3 Å². The molecular formula is C28H31N3O3. The molecule has 0 saturated heterocycles. The monoisotopic (exact) mass is 457 g/mol. The third-order valence-electron chi connectivity index (χ3n) is 6.27. The fourth-order valence-electron chi connectivity index (χ4n) is 4.29. The summed E-state index contributed by atoms with van der Waals surface area (Å²) >= 11 is 0. The molecule has 0 unspecified atom stereocenters. The number of amides is 3. The van der Waals surface area contributed by atoms with E-state index < -0.39 is 6.04 Å². The molecule has 3 aromatic carbocycles. The first-order chi connectivity index (χ1) is 16.3. The fraction of sp³-hybridized carbons (Fsp3) is 0.321. The summed E-state index contributed by atoms with van der Waals surface area (Å²) in [5.74, 6) is -0.357. The van der Waals surface area contributed by atoms with Crippen molar-refractivity contribution < 1.29 is 14.4 Å². The van der Waals surface area contributed by atoms with Crippen molar-refractivity contribution in [3.05, 3.63) is 77.4 Å². The molecule has 3 amide bonds. The first kappa shape index (κ1) is 23.5. The molecule has 6 nitrogen and oxygen atoms in total. The number of hydrogen-bond acceptors (Lipinski definition) is 3. The van der Waals surface area contributed by atoms with Gasteiger partial charge in [-0.3, -0.25) is 19.3 Å². The molecule has 0 aromatic heterocycles. The number of hydrogen-bond donors (Lipinski definition) is 1. The van der Waals surface area contributed by atoms with E-state index in [1.165, 1.54) is 4.90 Å². The van der Waals surface area contributed by atoms with Crippen LogP contribution in [0.4, 0.5) is 5.69 Å². The minimum atomic E-state index is -0.677. The molecule has 1 aliphatic heterocycles. The summed E-state index contributed by atoms with van der Waals surface area (Å²) in [6.07, 6.45) is 0. The summed E-state index contributed by atoms with van der Waals surface area (Å²) < 4.78 is 0. The summed E-state index contributed by atoms with van der Waals surface area (Å²) in [6, 6.07) is 18.6. The van der Waals surface area contributed by atoms with Gasteiger partial charge in [0.1, 0.15) is 12.6 Å². The van der Waals surface area contributed by atoms with Crippen LogP contribution in [0.2, 0.25) is 0 Å². The van der Waals surface area contributed by atoms with E-state index in [2.05, 4.69) is 5.32 Å². The Hall–Kier alpha value is -3.67. The molecule has 1 aliphatic rings. The molecule has 1 atom stereocenters. The Bertz CT molecular complexity index is 1230. The van der Waals surface area contributed by atoms with Crippen molar-refractivity contribution >= 4 is 34.2 Å². The minimum Gasteiger partial charge on any atom is -0.354 e. The molecule has 0 spiro atoms. The molecule has 0 fully saturated rings. The van der Waals surface area contributed by atoms with Crippen LogP contribution < -0.4 is 10.2 Å². The topological polar surface area (TPSA) is 69.7 Å². The van der Waals surface area contributed by atoms with Gasteiger partial charge < -0.3 is 10.2 Å². The van der Waals surface area contributed by atoms with Gasteiger partial charge >= 0.3 is 0 Å². The maximum absolute atomic E-state index is 13.6. The largest absolute Gasteiger partial charge is 0.354 e. The molecule has 1 N–H and O–H groups in total. The molecular weight excluding hydrogens is 426 g/mol. The SMILES string of the molecule is Cc1ccc(CN(C(=O)CN2C(=O)c3cccc4cccc2c34)[C@H](C)C(=O)NCC(C)C)cc1. The number of carbonyl (C=O) groups is 3. The summed E-state index contributed by atoms with van der Waals surface area (Å²) in [5.41, 5.74) is 3.39. The molecule has 0 bridgehead atoms. The van der Waals surface area contributed by atoms with Gasteiger partial charge in [-0.1, -0.05) is 67.9 Å². The van der Waals surface area contributed by atoms with Gasteiger partial charge in [0.15, 0.2) is 0 Å². The van der Waals surface area contributed by atoms with Gasteiger partial charge in [0, 0.05) is 24.0 Å². The van der Waals surface area contributed by atoms with Crippen molar-refractivity contribution in [1.29, 1.82) is 0 Å². The van der Waals surface area contributed by atoms with E-state index in [1.807, 2.05) is 75.4 Å². The number of rotatable bonds is 8. The summed E-state index contributed by atoms with van der Waals surface area (Å²) in [5, 5.41) is 4.77. The summed E-state index contributed by atoms with van der Waals surface area (Å²) in [4.78, 5) is 42.8. The van der Waals surface area contributed by atoms with Crippen molar-refractivity contribution in [2.75, 3.05) is 18.0 Å². The van der Waals surface area contributed by atoms with Crippen LogP contribution in [0.3, 0.4) is 0 Å². The molecule has 176 valence electrons. The van der Waals surface area contributed by atoms with E-state index in [-0.39, 0.29) is 30.8 Å². The third-order valence-corrected chi connectivity index (χ3v) is 6.27. The first-order valence-electron chi connectivity index (χ1n) is 11.7. The standard InChI is InChI=1S/C28H31N3O3/c1-18(2)15-29-27(33)20(4)30(16-21-13-11-19(3)12-14-21)25(32)17-31-24-10-6-8-22-7-5-9-23(26(22)24)28(31)34/h5-14,18,20H,15-17H2,1-4H3,(H,29,33)/t20-/m1/s1. The van der Waals surface area contributed by atoms with Crippen molar-refractivity contribution in [3.63, 3.8) is 0 Å². The number of nitrogens with zero attached hydrogens (tertiary/aromatic N) is 2. The van der Waals surface area contributed by atoms with Crippen LogP contribution in [-0.4, -0.2) is 41.8 Å². The van der Waals surface area contributed by atoms with Gasteiger partial charge in [0.2, 0.25) is 11.8 Å². The average molecular weight is 458 g/mol. The van der Waals surface area contributed by atoms with Gasteiger partial charge in [-0.15, -0.1) is 0 Å². The zero-order valence-corrected chi connectivity index (χ0v) is 20.2. The smallest absolute Gasteiger partial charge is 0.259 e. The van der Waals surface area contributed by atoms with Crippen LogP contribution in [0, 0.1) is 12.8 Å². The van der Waals surface area contributed by atoms with Crippen molar-refractivity contribution in [2.45, 2.75) is 40.3 Å². The Balaban J connectivity index is 1.60. The van der Waals surface area contributed by atoms with Gasteiger partial charge in [-0.25, -0.2) is 0 Å². The van der Waals surface area contributed by atoms with Gasteiger partial charge in [0.25, 0.3) is 5.91 Å². The highest BCUT2D eigenvalue weighted by molar-refractivity contribution is 6.26.